The summed E-state index contributed by atoms with van der Waals surface area (Å²) in [6.07, 6.45) is 0. The number of nitriles is 1. The van der Waals surface area contributed by atoms with E-state index in [9.17, 15) is 4.21 Å². The Balaban J connectivity index is 1.88. The third kappa shape index (κ3) is 3.94. The minimum absolute atomic E-state index is 0.357. The van der Waals surface area contributed by atoms with Crippen LogP contribution in [-0.4, -0.2) is 16.6 Å². The van der Waals surface area contributed by atoms with Crippen molar-refractivity contribution in [2.75, 3.05) is 12.4 Å². The Kier molecular flexibility index (Phi) is 4.91. The maximum atomic E-state index is 12.0. The molecule has 3 nitrogen and oxygen atoms in total. The minimum Gasteiger partial charge on any atom is -0.493 e. The van der Waals surface area contributed by atoms with E-state index in [4.69, 9.17) is 10.00 Å². The molecule has 0 heterocycles. The quantitative estimate of drug-likeness (QED) is 0.848. The average Bonchev–Trinajstić information content (AvgIpc) is 2.48. The molecule has 0 amide bonds. The molecular weight excluding hydrogens is 270 g/mol. The molecule has 0 N–H and O–H groups in total. The third-order valence-corrected chi connectivity index (χ3v) is 4.12. The van der Waals surface area contributed by atoms with Gasteiger partial charge in [0.15, 0.2) is 0 Å². The van der Waals surface area contributed by atoms with Crippen molar-refractivity contribution >= 4 is 10.8 Å². The monoisotopic (exact) mass is 285 g/mol. The van der Waals surface area contributed by atoms with E-state index in [2.05, 4.69) is 6.07 Å². The lowest BCUT2D eigenvalue weighted by atomic mass is 10.2. The van der Waals surface area contributed by atoms with E-state index in [0.717, 1.165) is 10.5 Å². The number of nitrogens with zero attached hydrogens (tertiary/aromatic N) is 1. The van der Waals surface area contributed by atoms with Crippen LogP contribution in [0.2, 0.25) is 0 Å². The predicted octanol–water partition coefficient (Wildman–Crippen LogP) is 3.05. The Hall–Kier alpha value is -2.12. The second-order valence-corrected chi connectivity index (χ2v) is 5.92. The Morgan fingerprint density at radius 1 is 1.20 bits per heavy atom. The minimum atomic E-state index is -1.06. The predicted molar refractivity (Wildman–Crippen MR) is 79.1 cm³/mol. The van der Waals surface area contributed by atoms with Crippen LogP contribution in [0.3, 0.4) is 0 Å². The Morgan fingerprint density at radius 3 is 2.65 bits per heavy atom. The number of ether oxygens (including phenoxy) is 1. The largest absolute Gasteiger partial charge is 0.493 e. The molecule has 0 saturated heterocycles. The van der Waals surface area contributed by atoms with Crippen molar-refractivity contribution in [3.63, 3.8) is 0 Å². The normalized spacial score (nSPS) is 11.6. The summed E-state index contributed by atoms with van der Waals surface area (Å²) >= 11 is 0. The summed E-state index contributed by atoms with van der Waals surface area (Å²) < 4.78 is 17.6. The average molecular weight is 285 g/mol. The van der Waals surface area contributed by atoms with Gasteiger partial charge in [0.25, 0.3) is 0 Å². The fourth-order valence-corrected chi connectivity index (χ4v) is 2.61. The molecule has 2 rings (SSSR count). The molecular formula is C16H15NO2S. The molecule has 0 bridgehead atoms. The lowest BCUT2D eigenvalue weighted by Gasteiger charge is -2.06. The molecule has 4 heteroatoms. The van der Waals surface area contributed by atoms with Crippen LogP contribution in [0.25, 0.3) is 0 Å². The van der Waals surface area contributed by atoms with E-state index in [-0.39, 0.29) is 0 Å². The van der Waals surface area contributed by atoms with Crippen LogP contribution in [0.15, 0.2) is 53.4 Å². The highest BCUT2D eigenvalue weighted by atomic mass is 32.2. The zero-order valence-electron chi connectivity index (χ0n) is 11.2. The highest BCUT2D eigenvalue weighted by Crippen LogP contribution is 2.13. The summed E-state index contributed by atoms with van der Waals surface area (Å²) in [7, 11) is -1.06. The topological polar surface area (TPSA) is 50.1 Å². The van der Waals surface area contributed by atoms with Crippen LogP contribution in [-0.2, 0) is 10.8 Å². The zero-order chi connectivity index (χ0) is 14.4. The van der Waals surface area contributed by atoms with E-state index < -0.39 is 10.8 Å². The summed E-state index contributed by atoms with van der Waals surface area (Å²) in [5.74, 6) is 1.06. The van der Waals surface area contributed by atoms with Gasteiger partial charge in [-0.3, -0.25) is 4.21 Å². The molecule has 0 radical (unpaired) electrons. The van der Waals surface area contributed by atoms with Crippen molar-refractivity contribution < 1.29 is 8.95 Å². The Bertz CT molecular complexity index is 644. The molecule has 2 aromatic carbocycles. The van der Waals surface area contributed by atoms with Gasteiger partial charge in [-0.05, 0) is 37.3 Å². The van der Waals surface area contributed by atoms with Crippen LogP contribution < -0.4 is 4.74 Å². The zero-order valence-corrected chi connectivity index (χ0v) is 12.0. The molecule has 2 aromatic rings. The van der Waals surface area contributed by atoms with Gasteiger partial charge in [-0.15, -0.1) is 0 Å². The van der Waals surface area contributed by atoms with Gasteiger partial charge in [0, 0.05) is 4.90 Å². The molecule has 0 aliphatic rings. The first-order valence-corrected chi connectivity index (χ1v) is 7.59. The Morgan fingerprint density at radius 2 is 1.95 bits per heavy atom. The SMILES string of the molecule is Cc1ccc(S(=O)CCOc2cccc(C#N)c2)cc1. The van der Waals surface area contributed by atoms with Gasteiger partial charge in [-0.2, -0.15) is 5.26 Å². The standard InChI is InChI=1S/C16H15NO2S/c1-13-5-7-16(8-6-13)20(18)10-9-19-15-4-2-3-14(11-15)12-17/h2-8,11H,9-10H2,1H3. The number of aryl methyl sites for hydroxylation is 1. The van der Waals surface area contributed by atoms with Gasteiger partial charge in [-0.1, -0.05) is 23.8 Å². The van der Waals surface area contributed by atoms with Crippen molar-refractivity contribution in [3.05, 3.63) is 59.7 Å². The fraction of sp³-hybridized carbons (Fsp3) is 0.188. The molecule has 20 heavy (non-hydrogen) atoms. The molecule has 102 valence electrons. The van der Waals surface area contributed by atoms with Gasteiger partial charge < -0.3 is 4.74 Å². The van der Waals surface area contributed by atoms with Crippen LogP contribution in [0, 0.1) is 18.3 Å². The Labute approximate surface area is 121 Å². The summed E-state index contributed by atoms with van der Waals surface area (Å²) in [5, 5.41) is 8.79. The molecule has 0 saturated carbocycles. The van der Waals surface area contributed by atoms with Crippen LogP contribution in [0.1, 0.15) is 11.1 Å². The molecule has 0 aliphatic heterocycles. The second-order valence-electron chi connectivity index (χ2n) is 4.35. The van der Waals surface area contributed by atoms with Gasteiger partial charge in [0.1, 0.15) is 12.4 Å². The molecule has 1 unspecified atom stereocenters. The van der Waals surface area contributed by atoms with Crippen molar-refractivity contribution in [1.82, 2.24) is 0 Å². The maximum absolute atomic E-state index is 12.0. The highest BCUT2D eigenvalue weighted by Gasteiger charge is 2.04. The van der Waals surface area contributed by atoms with E-state index in [1.54, 1.807) is 24.3 Å². The summed E-state index contributed by atoms with van der Waals surface area (Å²) in [4.78, 5) is 0.810. The fourth-order valence-electron chi connectivity index (χ4n) is 1.70. The third-order valence-electron chi connectivity index (χ3n) is 2.78. The first kappa shape index (κ1) is 14.3. The van der Waals surface area contributed by atoms with E-state index >= 15 is 0 Å². The van der Waals surface area contributed by atoms with E-state index in [1.165, 1.54) is 0 Å². The smallest absolute Gasteiger partial charge is 0.120 e. The van der Waals surface area contributed by atoms with Crippen molar-refractivity contribution in [2.24, 2.45) is 0 Å². The van der Waals surface area contributed by atoms with Crippen LogP contribution in [0.4, 0.5) is 0 Å². The number of hydrogen-bond acceptors (Lipinski definition) is 3. The maximum Gasteiger partial charge on any atom is 0.120 e. The van der Waals surface area contributed by atoms with Crippen molar-refractivity contribution in [2.45, 2.75) is 11.8 Å². The first-order chi connectivity index (χ1) is 9.69. The van der Waals surface area contributed by atoms with Crippen molar-refractivity contribution in [1.29, 1.82) is 5.26 Å². The van der Waals surface area contributed by atoms with Gasteiger partial charge in [-0.25, -0.2) is 0 Å². The summed E-state index contributed by atoms with van der Waals surface area (Å²) in [6.45, 7) is 2.35. The van der Waals surface area contributed by atoms with Gasteiger partial charge in [0.2, 0.25) is 0 Å². The van der Waals surface area contributed by atoms with Crippen LogP contribution in [0.5, 0.6) is 5.75 Å². The van der Waals surface area contributed by atoms with Crippen molar-refractivity contribution in [3.8, 4) is 11.8 Å². The lowest BCUT2D eigenvalue weighted by Crippen LogP contribution is -2.08. The molecule has 0 aliphatic carbocycles. The lowest BCUT2D eigenvalue weighted by molar-refractivity contribution is 0.342. The summed E-state index contributed by atoms with van der Waals surface area (Å²) in [6, 6.07) is 16.7. The second kappa shape index (κ2) is 6.88. The van der Waals surface area contributed by atoms with Crippen LogP contribution >= 0.6 is 0 Å². The van der Waals surface area contributed by atoms with Gasteiger partial charge >= 0.3 is 0 Å². The van der Waals surface area contributed by atoms with E-state index in [0.29, 0.717) is 23.7 Å². The number of rotatable bonds is 5. The molecule has 0 aromatic heterocycles. The van der Waals surface area contributed by atoms with E-state index in [1.807, 2.05) is 31.2 Å². The molecule has 0 fully saturated rings. The molecule has 0 spiro atoms. The van der Waals surface area contributed by atoms with Gasteiger partial charge in [0.05, 0.1) is 28.2 Å². The summed E-state index contributed by atoms with van der Waals surface area (Å²) in [5.41, 5.74) is 1.71. The highest BCUT2D eigenvalue weighted by molar-refractivity contribution is 7.85. The number of hydrogen-bond donors (Lipinski definition) is 0. The first-order valence-electron chi connectivity index (χ1n) is 6.27. The molecule has 1 atom stereocenters. The number of benzene rings is 2.